The molecule has 0 saturated heterocycles. The lowest BCUT2D eigenvalue weighted by molar-refractivity contribution is 0.0697. The van der Waals surface area contributed by atoms with Crippen LogP contribution in [0.15, 0.2) is 30.5 Å². The van der Waals surface area contributed by atoms with E-state index >= 15 is 0 Å². The Balaban J connectivity index is 2.24. The van der Waals surface area contributed by atoms with Crippen LogP contribution < -0.4 is 14.8 Å². The fourth-order valence-corrected chi connectivity index (χ4v) is 2.67. The highest BCUT2D eigenvalue weighted by molar-refractivity contribution is 7.86. The van der Waals surface area contributed by atoms with Gasteiger partial charge >= 0.3 is 16.1 Å². The summed E-state index contributed by atoms with van der Waals surface area (Å²) in [6, 6.07) is 5.65. The fourth-order valence-electron chi connectivity index (χ4n) is 2.21. The number of aliphatic hydroxyl groups excluding tert-OH is 1. The maximum atomic E-state index is 11.4. The van der Waals surface area contributed by atoms with E-state index in [1.807, 2.05) is 13.8 Å². The number of nitrogens with one attached hydrogen (secondary N) is 2. The Hall–Kier alpha value is -2.92. The van der Waals surface area contributed by atoms with E-state index in [1.54, 1.807) is 12.1 Å². The topological polar surface area (TPSA) is 151 Å². The average Bonchev–Trinajstić information content (AvgIpc) is 2.59. The third-order valence-electron chi connectivity index (χ3n) is 3.70. The fraction of sp³-hybridized carbons (Fsp3) is 0.353. The van der Waals surface area contributed by atoms with Crippen molar-refractivity contribution >= 4 is 33.5 Å². The molecule has 1 heterocycles. The van der Waals surface area contributed by atoms with Crippen molar-refractivity contribution < 1.29 is 27.6 Å². The molecule has 0 saturated carbocycles. The van der Waals surface area contributed by atoms with Gasteiger partial charge in [0.2, 0.25) is 5.95 Å². The number of hydrogen-bond donors (Lipinski definition) is 4. The van der Waals surface area contributed by atoms with Crippen LogP contribution in [0, 0.1) is 5.92 Å². The Labute approximate surface area is 162 Å². The Morgan fingerprint density at radius 1 is 1.25 bits per heavy atom. The predicted octanol–water partition coefficient (Wildman–Crippen LogP) is 1.69. The molecule has 0 spiro atoms. The Morgan fingerprint density at radius 2 is 1.89 bits per heavy atom. The van der Waals surface area contributed by atoms with Crippen LogP contribution in [-0.4, -0.2) is 53.5 Å². The van der Waals surface area contributed by atoms with Gasteiger partial charge in [-0.15, -0.1) is 0 Å². The zero-order valence-corrected chi connectivity index (χ0v) is 16.4. The molecule has 1 atom stereocenters. The number of carboxylic acids is 1. The first-order valence-corrected chi connectivity index (χ1v) is 10.1. The van der Waals surface area contributed by atoms with Gasteiger partial charge in [0.15, 0.2) is 0 Å². The molecule has 2 rings (SSSR count). The van der Waals surface area contributed by atoms with Crippen molar-refractivity contribution in [3.8, 4) is 5.75 Å². The van der Waals surface area contributed by atoms with Crippen LogP contribution in [0.3, 0.4) is 0 Å². The molecule has 11 heteroatoms. The van der Waals surface area contributed by atoms with Crippen molar-refractivity contribution in [3.63, 3.8) is 0 Å². The number of benzene rings is 1. The Bertz CT molecular complexity index is 931. The highest BCUT2D eigenvalue weighted by Crippen LogP contribution is 2.22. The van der Waals surface area contributed by atoms with Gasteiger partial charge < -0.3 is 25.0 Å². The zero-order valence-electron chi connectivity index (χ0n) is 15.6. The zero-order chi connectivity index (χ0) is 20.9. The van der Waals surface area contributed by atoms with Gasteiger partial charge in [-0.3, -0.25) is 0 Å². The van der Waals surface area contributed by atoms with Gasteiger partial charge in [0.25, 0.3) is 0 Å². The van der Waals surface area contributed by atoms with Crippen LogP contribution in [0.5, 0.6) is 5.75 Å². The molecular weight excluding hydrogens is 388 g/mol. The minimum Gasteiger partial charge on any atom is -0.477 e. The SMILES string of the molecule is CC(C)C(CO)Nc1nc(Nc2ccc(OS(C)(=O)=O)cc2)ncc1C(=O)O. The first-order valence-electron chi connectivity index (χ1n) is 8.33. The molecule has 0 amide bonds. The van der Waals surface area contributed by atoms with Crippen molar-refractivity contribution in [3.05, 3.63) is 36.0 Å². The van der Waals surface area contributed by atoms with Crippen LogP contribution >= 0.6 is 0 Å². The maximum absolute atomic E-state index is 11.4. The van der Waals surface area contributed by atoms with E-state index in [2.05, 4.69) is 20.6 Å². The lowest BCUT2D eigenvalue weighted by atomic mass is 10.1. The second-order valence-corrected chi connectivity index (χ2v) is 7.95. The average molecular weight is 410 g/mol. The number of carbonyl (C=O) groups is 1. The molecule has 1 aromatic carbocycles. The maximum Gasteiger partial charge on any atom is 0.341 e. The summed E-state index contributed by atoms with van der Waals surface area (Å²) in [5, 5.41) is 24.6. The minimum atomic E-state index is -3.62. The third kappa shape index (κ3) is 6.06. The lowest BCUT2D eigenvalue weighted by Crippen LogP contribution is -2.31. The summed E-state index contributed by atoms with van der Waals surface area (Å²) in [6.45, 7) is 3.58. The van der Waals surface area contributed by atoms with E-state index in [1.165, 1.54) is 12.1 Å². The second kappa shape index (κ2) is 8.85. The molecule has 2 aromatic rings. The molecule has 28 heavy (non-hydrogen) atoms. The molecule has 10 nitrogen and oxygen atoms in total. The first-order chi connectivity index (χ1) is 13.1. The highest BCUT2D eigenvalue weighted by atomic mass is 32.2. The summed E-state index contributed by atoms with van der Waals surface area (Å²) in [4.78, 5) is 19.6. The summed E-state index contributed by atoms with van der Waals surface area (Å²) in [5.41, 5.74) is 0.416. The number of carboxylic acid groups (broad SMARTS) is 1. The summed E-state index contributed by atoms with van der Waals surface area (Å²) in [7, 11) is -3.62. The molecular formula is C17H22N4O6S. The normalized spacial score (nSPS) is 12.5. The van der Waals surface area contributed by atoms with Crippen molar-refractivity contribution in [2.24, 2.45) is 5.92 Å². The molecule has 0 aliphatic heterocycles. The largest absolute Gasteiger partial charge is 0.477 e. The Morgan fingerprint density at radius 3 is 2.39 bits per heavy atom. The number of aromatic carboxylic acids is 1. The number of anilines is 3. The van der Waals surface area contributed by atoms with E-state index in [4.69, 9.17) is 4.18 Å². The van der Waals surface area contributed by atoms with Gasteiger partial charge in [-0.2, -0.15) is 13.4 Å². The Kier molecular flexibility index (Phi) is 6.75. The quantitative estimate of drug-likeness (QED) is 0.449. The van der Waals surface area contributed by atoms with Crippen molar-refractivity contribution in [1.82, 2.24) is 9.97 Å². The van der Waals surface area contributed by atoms with E-state index < -0.39 is 16.1 Å². The third-order valence-corrected chi connectivity index (χ3v) is 4.20. The standard InChI is InChI=1S/C17H22N4O6S/c1-10(2)14(9-22)20-15-13(16(23)24)8-18-17(21-15)19-11-4-6-12(7-5-11)27-28(3,25)26/h4-8,10,14,22H,9H2,1-3H3,(H,23,24)(H2,18,19,20,21). The van der Waals surface area contributed by atoms with Gasteiger partial charge in [0.1, 0.15) is 17.1 Å². The number of aromatic nitrogens is 2. The summed E-state index contributed by atoms with van der Waals surface area (Å²) < 4.78 is 27.0. The minimum absolute atomic E-state index is 0.0420. The molecule has 0 aliphatic rings. The van der Waals surface area contributed by atoms with Gasteiger partial charge in [0, 0.05) is 11.9 Å². The summed E-state index contributed by atoms with van der Waals surface area (Å²) >= 11 is 0. The van der Waals surface area contributed by atoms with E-state index in [9.17, 15) is 23.4 Å². The van der Waals surface area contributed by atoms with Crippen LogP contribution in [-0.2, 0) is 10.1 Å². The first kappa shape index (κ1) is 21.4. The molecule has 4 N–H and O–H groups in total. The number of nitrogens with zero attached hydrogens (tertiary/aromatic N) is 2. The highest BCUT2D eigenvalue weighted by Gasteiger charge is 2.19. The summed E-state index contributed by atoms with van der Waals surface area (Å²) in [5.74, 6) is -0.794. The number of aliphatic hydroxyl groups is 1. The smallest absolute Gasteiger partial charge is 0.341 e. The monoisotopic (exact) mass is 410 g/mol. The van der Waals surface area contributed by atoms with Gasteiger partial charge in [0.05, 0.1) is 18.9 Å². The van der Waals surface area contributed by atoms with Crippen molar-refractivity contribution in [2.45, 2.75) is 19.9 Å². The second-order valence-electron chi connectivity index (χ2n) is 6.38. The van der Waals surface area contributed by atoms with E-state index in [0.717, 1.165) is 12.5 Å². The van der Waals surface area contributed by atoms with Crippen molar-refractivity contribution in [2.75, 3.05) is 23.5 Å². The van der Waals surface area contributed by atoms with E-state index in [-0.39, 0.29) is 41.6 Å². The van der Waals surface area contributed by atoms with Crippen LogP contribution in [0.1, 0.15) is 24.2 Å². The predicted molar refractivity (Wildman–Crippen MR) is 104 cm³/mol. The summed E-state index contributed by atoms with van der Waals surface area (Å²) in [6.07, 6.45) is 2.11. The number of rotatable bonds is 9. The van der Waals surface area contributed by atoms with Crippen LogP contribution in [0.25, 0.3) is 0 Å². The van der Waals surface area contributed by atoms with Crippen LogP contribution in [0.2, 0.25) is 0 Å². The molecule has 1 aromatic heterocycles. The molecule has 152 valence electrons. The number of hydrogen-bond acceptors (Lipinski definition) is 9. The molecule has 0 bridgehead atoms. The van der Waals surface area contributed by atoms with Gasteiger partial charge in [-0.1, -0.05) is 13.8 Å². The van der Waals surface area contributed by atoms with Gasteiger partial charge in [-0.05, 0) is 30.2 Å². The molecule has 0 radical (unpaired) electrons. The molecule has 0 aliphatic carbocycles. The van der Waals surface area contributed by atoms with E-state index in [0.29, 0.717) is 5.69 Å². The molecule has 0 fully saturated rings. The molecule has 1 unspecified atom stereocenters. The lowest BCUT2D eigenvalue weighted by Gasteiger charge is -2.21. The van der Waals surface area contributed by atoms with Gasteiger partial charge in [-0.25, -0.2) is 9.78 Å². The van der Waals surface area contributed by atoms with Crippen LogP contribution in [0.4, 0.5) is 17.5 Å². The van der Waals surface area contributed by atoms with Crippen molar-refractivity contribution in [1.29, 1.82) is 0 Å².